The maximum Gasteiger partial charge on any atom is 0.305 e. The number of carboxylic acids is 1. The lowest BCUT2D eigenvalue weighted by Gasteiger charge is -2.07. The Morgan fingerprint density at radius 1 is 1.38 bits per heavy atom. The minimum absolute atomic E-state index is 0.0894. The van der Waals surface area contributed by atoms with Gasteiger partial charge in [-0.1, -0.05) is 13.0 Å². The van der Waals surface area contributed by atoms with E-state index in [4.69, 9.17) is 5.11 Å². The molecule has 0 aliphatic heterocycles. The molecule has 0 unspecified atom stereocenters. The number of rotatable bonds is 6. The molecule has 21 heavy (non-hydrogen) atoms. The topological polar surface area (TPSA) is 97.1 Å². The highest BCUT2D eigenvalue weighted by Crippen LogP contribution is 2.14. The summed E-state index contributed by atoms with van der Waals surface area (Å²) in [7, 11) is 0. The normalized spacial score (nSPS) is 10.3. The van der Waals surface area contributed by atoms with Crippen molar-refractivity contribution in [3.8, 4) is 5.82 Å². The second-order valence-corrected chi connectivity index (χ2v) is 4.36. The third kappa shape index (κ3) is 3.44. The van der Waals surface area contributed by atoms with Crippen LogP contribution in [0.1, 0.15) is 29.4 Å². The fraction of sp³-hybridized carbons (Fsp3) is 0.286. The van der Waals surface area contributed by atoms with Crippen LogP contribution in [0.2, 0.25) is 0 Å². The van der Waals surface area contributed by atoms with Crippen molar-refractivity contribution in [3.05, 3.63) is 41.9 Å². The van der Waals surface area contributed by atoms with E-state index in [2.05, 4.69) is 15.4 Å². The van der Waals surface area contributed by atoms with Crippen LogP contribution in [0.25, 0.3) is 5.82 Å². The van der Waals surface area contributed by atoms with Crippen molar-refractivity contribution in [2.24, 2.45) is 0 Å². The summed E-state index contributed by atoms with van der Waals surface area (Å²) in [6.45, 7) is 2.01. The highest BCUT2D eigenvalue weighted by Gasteiger charge is 2.17. The molecule has 0 aromatic carbocycles. The summed E-state index contributed by atoms with van der Waals surface area (Å²) < 4.78 is 1.62. The molecule has 110 valence electrons. The minimum atomic E-state index is -0.949. The molecule has 2 N–H and O–H groups in total. The zero-order valence-electron chi connectivity index (χ0n) is 11.6. The summed E-state index contributed by atoms with van der Waals surface area (Å²) in [4.78, 5) is 26.7. The van der Waals surface area contributed by atoms with Gasteiger partial charge in [-0.05, 0) is 18.6 Å². The summed E-state index contributed by atoms with van der Waals surface area (Å²) in [5.74, 6) is -0.635. The smallest absolute Gasteiger partial charge is 0.305 e. The first-order valence-corrected chi connectivity index (χ1v) is 6.61. The van der Waals surface area contributed by atoms with Crippen molar-refractivity contribution < 1.29 is 14.7 Å². The van der Waals surface area contributed by atoms with Crippen LogP contribution in [0.4, 0.5) is 0 Å². The maximum atomic E-state index is 12.1. The predicted molar refractivity (Wildman–Crippen MR) is 75.3 cm³/mol. The van der Waals surface area contributed by atoms with Crippen LogP contribution in [0, 0.1) is 0 Å². The molecule has 7 nitrogen and oxygen atoms in total. The first-order valence-electron chi connectivity index (χ1n) is 6.61. The largest absolute Gasteiger partial charge is 0.481 e. The average molecular weight is 288 g/mol. The van der Waals surface area contributed by atoms with E-state index in [1.807, 2.05) is 13.0 Å². The van der Waals surface area contributed by atoms with Gasteiger partial charge >= 0.3 is 5.97 Å². The number of carbonyl (C=O) groups is 2. The molecule has 0 radical (unpaired) electrons. The zero-order chi connectivity index (χ0) is 15.2. The quantitative estimate of drug-likeness (QED) is 0.827. The molecule has 1 amide bonds. The molecule has 0 saturated heterocycles. The summed E-state index contributed by atoms with van der Waals surface area (Å²) in [6.07, 6.45) is 3.63. The molecule has 7 heteroatoms. The van der Waals surface area contributed by atoms with E-state index in [0.717, 1.165) is 5.69 Å². The number of hydrogen-bond donors (Lipinski definition) is 2. The van der Waals surface area contributed by atoms with E-state index in [0.29, 0.717) is 17.8 Å². The van der Waals surface area contributed by atoms with Crippen LogP contribution in [0.3, 0.4) is 0 Å². The highest BCUT2D eigenvalue weighted by molar-refractivity contribution is 5.95. The molecule has 2 aromatic heterocycles. The van der Waals surface area contributed by atoms with Gasteiger partial charge in [0.05, 0.1) is 23.9 Å². The molecular weight excluding hydrogens is 272 g/mol. The van der Waals surface area contributed by atoms with Gasteiger partial charge in [-0.3, -0.25) is 9.59 Å². The number of pyridine rings is 1. The zero-order valence-corrected chi connectivity index (χ0v) is 11.6. The lowest BCUT2D eigenvalue weighted by Crippen LogP contribution is -2.26. The van der Waals surface area contributed by atoms with Crippen molar-refractivity contribution in [2.75, 3.05) is 6.54 Å². The van der Waals surface area contributed by atoms with Gasteiger partial charge in [0.2, 0.25) is 0 Å². The third-order valence-corrected chi connectivity index (χ3v) is 2.94. The van der Waals surface area contributed by atoms with Gasteiger partial charge in [0.15, 0.2) is 5.82 Å². The molecule has 0 saturated carbocycles. The van der Waals surface area contributed by atoms with E-state index in [9.17, 15) is 9.59 Å². The average Bonchev–Trinajstić information content (AvgIpc) is 2.91. The van der Waals surface area contributed by atoms with Gasteiger partial charge in [-0.25, -0.2) is 9.67 Å². The highest BCUT2D eigenvalue weighted by atomic mass is 16.4. The minimum Gasteiger partial charge on any atom is -0.481 e. The Bertz CT molecular complexity index is 637. The lowest BCUT2D eigenvalue weighted by atomic mass is 10.2. The molecule has 2 rings (SSSR count). The van der Waals surface area contributed by atoms with E-state index < -0.39 is 5.97 Å². The maximum absolute atomic E-state index is 12.1. The number of carboxylic acid groups (broad SMARTS) is 1. The molecule has 0 spiro atoms. The molecule has 0 aliphatic rings. The van der Waals surface area contributed by atoms with Crippen molar-refractivity contribution in [2.45, 2.75) is 19.8 Å². The van der Waals surface area contributed by atoms with Crippen LogP contribution >= 0.6 is 0 Å². The van der Waals surface area contributed by atoms with E-state index >= 15 is 0 Å². The monoisotopic (exact) mass is 288 g/mol. The Kier molecular flexibility index (Phi) is 4.65. The number of aromatic nitrogens is 3. The Hall–Kier alpha value is -2.70. The molecule has 0 fully saturated rings. The van der Waals surface area contributed by atoms with Gasteiger partial charge in [-0.2, -0.15) is 5.10 Å². The van der Waals surface area contributed by atoms with E-state index in [1.165, 1.54) is 6.20 Å². The number of hydrogen-bond acceptors (Lipinski definition) is 4. The third-order valence-electron chi connectivity index (χ3n) is 2.94. The van der Waals surface area contributed by atoms with Crippen molar-refractivity contribution in [3.63, 3.8) is 0 Å². The number of amides is 1. The molecule has 0 atom stereocenters. The summed E-state index contributed by atoms with van der Waals surface area (Å²) in [6, 6.07) is 5.45. The molecule has 0 bridgehead atoms. The lowest BCUT2D eigenvalue weighted by molar-refractivity contribution is -0.136. The Morgan fingerprint density at radius 2 is 2.19 bits per heavy atom. The van der Waals surface area contributed by atoms with Crippen LogP contribution in [0.5, 0.6) is 0 Å². The Labute approximate surface area is 121 Å². The molecule has 2 heterocycles. The first kappa shape index (κ1) is 14.7. The summed E-state index contributed by atoms with van der Waals surface area (Å²) >= 11 is 0. The predicted octanol–water partition coefficient (Wildman–Crippen LogP) is 1.03. The Morgan fingerprint density at radius 3 is 2.81 bits per heavy atom. The number of carbonyl (C=O) groups excluding carboxylic acids is 1. The van der Waals surface area contributed by atoms with E-state index in [1.54, 1.807) is 23.0 Å². The van der Waals surface area contributed by atoms with Crippen molar-refractivity contribution in [1.82, 2.24) is 20.1 Å². The second kappa shape index (κ2) is 6.65. The van der Waals surface area contributed by atoms with Gasteiger partial charge in [-0.15, -0.1) is 0 Å². The van der Waals surface area contributed by atoms with Gasteiger partial charge in [0.1, 0.15) is 0 Å². The van der Waals surface area contributed by atoms with Crippen LogP contribution < -0.4 is 5.32 Å². The number of nitrogens with zero attached hydrogens (tertiary/aromatic N) is 3. The Balaban J connectivity index is 2.20. The first-order chi connectivity index (χ1) is 10.1. The number of nitrogens with one attached hydrogen (secondary N) is 1. The summed E-state index contributed by atoms with van der Waals surface area (Å²) in [5, 5.41) is 15.3. The van der Waals surface area contributed by atoms with Crippen LogP contribution in [-0.2, 0) is 11.2 Å². The van der Waals surface area contributed by atoms with E-state index in [-0.39, 0.29) is 18.9 Å². The standard InChI is InChI=1S/C14H16N4O3/c1-2-11-10(14(21)16-8-6-13(19)20)9-17-18(11)12-5-3-4-7-15-12/h3-5,7,9H,2,6,8H2,1H3,(H,16,21)(H,19,20). The summed E-state index contributed by atoms with van der Waals surface area (Å²) in [5.41, 5.74) is 1.18. The fourth-order valence-electron chi connectivity index (χ4n) is 1.96. The van der Waals surface area contributed by atoms with Crippen molar-refractivity contribution in [1.29, 1.82) is 0 Å². The van der Waals surface area contributed by atoms with Gasteiger partial charge in [0, 0.05) is 12.7 Å². The number of aliphatic carboxylic acids is 1. The fourth-order valence-corrected chi connectivity index (χ4v) is 1.96. The molecule has 0 aliphatic carbocycles. The van der Waals surface area contributed by atoms with Gasteiger partial charge in [0.25, 0.3) is 5.91 Å². The molecule has 2 aromatic rings. The van der Waals surface area contributed by atoms with Crippen molar-refractivity contribution >= 4 is 11.9 Å². The van der Waals surface area contributed by atoms with Crippen LogP contribution in [-0.4, -0.2) is 38.3 Å². The SMILES string of the molecule is CCc1c(C(=O)NCCC(=O)O)cnn1-c1ccccn1. The second-order valence-electron chi connectivity index (χ2n) is 4.36. The van der Waals surface area contributed by atoms with Crippen LogP contribution in [0.15, 0.2) is 30.6 Å². The van der Waals surface area contributed by atoms with Gasteiger partial charge < -0.3 is 10.4 Å². The molecular formula is C14H16N4O3.